The Morgan fingerprint density at radius 2 is 1.91 bits per heavy atom. The summed E-state index contributed by atoms with van der Waals surface area (Å²) < 4.78 is 7.19. The zero-order valence-corrected chi connectivity index (χ0v) is 19.8. The number of aromatic nitrogens is 3. The van der Waals surface area contributed by atoms with Crippen molar-refractivity contribution < 1.29 is 9.53 Å². The van der Waals surface area contributed by atoms with Crippen LogP contribution in [0.2, 0.25) is 0 Å². The lowest BCUT2D eigenvalue weighted by molar-refractivity contribution is 0.102. The molecule has 4 heterocycles. The number of nitrogens with zero attached hydrogens (tertiary/aromatic N) is 5. The van der Waals surface area contributed by atoms with E-state index in [9.17, 15) is 4.79 Å². The third-order valence-electron chi connectivity index (χ3n) is 6.77. The summed E-state index contributed by atoms with van der Waals surface area (Å²) in [5.41, 5.74) is 9.31. The molecule has 1 fully saturated rings. The van der Waals surface area contributed by atoms with E-state index in [0.29, 0.717) is 12.1 Å². The summed E-state index contributed by atoms with van der Waals surface area (Å²) in [7, 11) is 0. The third-order valence-corrected chi connectivity index (χ3v) is 6.77. The topological polar surface area (TPSA) is 84.1 Å². The Bertz CT molecular complexity index is 1480. The van der Waals surface area contributed by atoms with Crippen molar-refractivity contribution in [1.29, 1.82) is 0 Å². The largest absolute Gasteiger partial charge is 0.378 e. The lowest BCUT2D eigenvalue weighted by Crippen LogP contribution is -2.36. The molecule has 0 bridgehead atoms. The minimum Gasteiger partial charge on any atom is -0.378 e. The number of hydrogen-bond donors (Lipinski definition) is 1. The second-order valence-corrected chi connectivity index (χ2v) is 9.00. The maximum Gasteiger partial charge on any atom is 0.257 e. The van der Waals surface area contributed by atoms with Gasteiger partial charge in [-0.25, -0.2) is 4.52 Å². The summed E-state index contributed by atoms with van der Waals surface area (Å²) in [4.78, 5) is 20.5. The summed E-state index contributed by atoms with van der Waals surface area (Å²) >= 11 is 0. The average molecular weight is 467 g/mol. The van der Waals surface area contributed by atoms with Gasteiger partial charge in [-0.3, -0.25) is 9.79 Å². The van der Waals surface area contributed by atoms with Crippen LogP contribution in [0.1, 0.15) is 38.3 Å². The number of carbonyl (C=O) groups excluding carboxylic acids is 1. The van der Waals surface area contributed by atoms with Crippen LogP contribution >= 0.6 is 0 Å². The van der Waals surface area contributed by atoms with Gasteiger partial charge in [0.25, 0.3) is 5.91 Å². The minimum absolute atomic E-state index is 0.164. The van der Waals surface area contributed by atoms with E-state index in [4.69, 9.17) is 9.73 Å². The van der Waals surface area contributed by atoms with E-state index in [2.05, 4.69) is 44.8 Å². The number of anilines is 2. The molecule has 8 nitrogen and oxygen atoms in total. The van der Waals surface area contributed by atoms with Crippen LogP contribution in [-0.4, -0.2) is 52.7 Å². The molecule has 1 N–H and O–H groups in total. The van der Waals surface area contributed by atoms with Crippen molar-refractivity contribution in [2.24, 2.45) is 4.99 Å². The normalized spacial score (nSPS) is 15.3. The third kappa shape index (κ3) is 3.85. The maximum absolute atomic E-state index is 13.3. The van der Waals surface area contributed by atoms with Crippen molar-refractivity contribution in [2.75, 3.05) is 36.5 Å². The number of pyridine rings is 1. The first kappa shape index (κ1) is 21.5. The lowest BCUT2D eigenvalue weighted by atomic mass is 9.98. The highest BCUT2D eigenvalue weighted by Crippen LogP contribution is 2.29. The van der Waals surface area contributed by atoms with Gasteiger partial charge in [0.2, 0.25) is 0 Å². The number of amides is 1. The fourth-order valence-corrected chi connectivity index (χ4v) is 5.00. The Morgan fingerprint density at radius 1 is 1.06 bits per heavy atom. The molecule has 176 valence electrons. The van der Waals surface area contributed by atoms with E-state index >= 15 is 0 Å². The first-order chi connectivity index (χ1) is 17.1. The summed E-state index contributed by atoms with van der Waals surface area (Å²) in [5, 5.41) is 11.1. The van der Waals surface area contributed by atoms with E-state index in [0.717, 1.165) is 71.2 Å². The molecule has 1 saturated heterocycles. The highest BCUT2D eigenvalue weighted by atomic mass is 16.5. The summed E-state index contributed by atoms with van der Waals surface area (Å²) in [6.07, 6.45) is 1.69. The van der Waals surface area contributed by atoms with Crippen LogP contribution in [0, 0.1) is 13.8 Å². The second-order valence-electron chi connectivity index (χ2n) is 9.00. The first-order valence-electron chi connectivity index (χ1n) is 11.8. The van der Waals surface area contributed by atoms with Gasteiger partial charge in [-0.2, -0.15) is 0 Å². The van der Waals surface area contributed by atoms with Crippen molar-refractivity contribution in [3.05, 3.63) is 88.2 Å². The number of rotatable bonds is 4. The monoisotopic (exact) mass is 466 g/mol. The van der Waals surface area contributed by atoms with Gasteiger partial charge < -0.3 is 15.0 Å². The fraction of sp³-hybridized carbons (Fsp3) is 0.259. The number of morpholine rings is 1. The minimum atomic E-state index is -0.164. The SMILES string of the molecule is Cc1cc2cnnn2c(C)c1C(=O)Nc1ccc2c(c1)C(c1cccc(N3CCOCC3)c1)=NC2. The van der Waals surface area contributed by atoms with E-state index < -0.39 is 0 Å². The van der Waals surface area contributed by atoms with Gasteiger partial charge in [-0.1, -0.05) is 23.4 Å². The Kier molecular flexibility index (Phi) is 5.30. The molecule has 0 radical (unpaired) electrons. The Labute approximate surface area is 203 Å². The Morgan fingerprint density at radius 3 is 2.77 bits per heavy atom. The van der Waals surface area contributed by atoms with Gasteiger partial charge in [0.15, 0.2) is 0 Å². The highest BCUT2D eigenvalue weighted by Gasteiger charge is 2.21. The second kappa shape index (κ2) is 8.63. The summed E-state index contributed by atoms with van der Waals surface area (Å²) in [5.74, 6) is -0.164. The predicted molar refractivity (Wildman–Crippen MR) is 136 cm³/mol. The molecular formula is C27H26N6O2. The van der Waals surface area contributed by atoms with Crippen LogP contribution in [-0.2, 0) is 11.3 Å². The van der Waals surface area contributed by atoms with Gasteiger partial charge in [-0.05, 0) is 55.3 Å². The molecule has 0 atom stereocenters. The Balaban J connectivity index is 1.28. The molecule has 2 aromatic heterocycles. The van der Waals surface area contributed by atoms with Crippen LogP contribution in [0.5, 0.6) is 0 Å². The van der Waals surface area contributed by atoms with Crippen LogP contribution < -0.4 is 10.2 Å². The van der Waals surface area contributed by atoms with Gasteiger partial charge in [-0.15, -0.1) is 5.10 Å². The molecular weight excluding hydrogens is 440 g/mol. The van der Waals surface area contributed by atoms with Crippen LogP contribution in [0.15, 0.2) is 59.7 Å². The molecule has 4 aromatic rings. The number of nitrogens with one attached hydrogen (secondary N) is 1. The molecule has 1 amide bonds. The molecule has 0 unspecified atom stereocenters. The zero-order chi connectivity index (χ0) is 23.9. The quantitative estimate of drug-likeness (QED) is 0.495. The predicted octanol–water partition coefficient (Wildman–Crippen LogP) is 3.79. The molecule has 35 heavy (non-hydrogen) atoms. The molecule has 8 heteroatoms. The zero-order valence-electron chi connectivity index (χ0n) is 19.8. The number of hydrogen-bond acceptors (Lipinski definition) is 6. The van der Waals surface area contributed by atoms with E-state index in [1.165, 1.54) is 5.69 Å². The fourth-order valence-electron chi connectivity index (χ4n) is 5.00. The van der Waals surface area contributed by atoms with Crippen molar-refractivity contribution in [3.63, 3.8) is 0 Å². The van der Waals surface area contributed by atoms with Crippen molar-refractivity contribution in [2.45, 2.75) is 20.4 Å². The Hall–Kier alpha value is -4.04. The average Bonchev–Trinajstić information content (AvgIpc) is 3.52. The van der Waals surface area contributed by atoms with Crippen molar-refractivity contribution in [3.8, 4) is 0 Å². The van der Waals surface area contributed by atoms with Gasteiger partial charge in [0, 0.05) is 35.6 Å². The summed E-state index contributed by atoms with van der Waals surface area (Å²) in [6, 6.07) is 16.5. The molecule has 2 aromatic carbocycles. The number of carbonyl (C=O) groups is 1. The smallest absolute Gasteiger partial charge is 0.257 e. The molecule has 2 aliphatic heterocycles. The molecule has 2 aliphatic rings. The van der Waals surface area contributed by atoms with Gasteiger partial charge >= 0.3 is 0 Å². The molecule has 0 aliphatic carbocycles. The molecule has 0 spiro atoms. The number of ether oxygens (including phenoxy) is 1. The van der Waals surface area contributed by atoms with Crippen LogP contribution in [0.25, 0.3) is 5.52 Å². The number of fused-ring (bicyclic) bond motifs is 2. The van der Waals surface area contributed by atoms with E-state index in [1.54, 1.807) is 10.7 Å². The molecule has 0 saturated carbocycles. The first-order valence-corrected chi connectivity index (χ1v) is 11.8. The van der Waals surface area contributed by atoms with Gasteiger partial charge in [0.05, 0.1) is 48.4 Å². The molecule has 6 rings (SSSR count). The highest BCUT2D eigenvalue weighted by molar-refractivity contribution is 6.16. The standard InChI is InChI=1S/C27H26N6O2/c1-17-12-23-16-29-31-33(23)18(2)25(17)27(34)30-21-7-6-20-15-28-26(24(20)14-21)19-4-3-5-22(13-19)32-8-10-35-11-9-32/h3-7,12-14,16H,8-11,15H2,1-2H3,(H,30,34). The number of aryl methyl sites for hydroxylation is 2. The number of aliphatic imine (C=N–C) groups is 1. The van der Waals surface area contributed by atoms with Crippen molar-refractivity contribution >= 4 is 28.5 Å². The van der Waals surface area contributed by atoms with E-state index in [-0.39, 0.29) is 5.91 Å². The summed E-state index contributed by atoms with van der Waals surface area (Å²) in [6.45, 7) is 7.74. The van der Waals surface area contributed by atoms with E-state index in [1.807, 2.05) is 38.1 Å². The van der Waals surface area contributed by atoms with Gasteiger partial charge in [0.1, 0.15) is 0 Å². The lowest BCUT2D eigenvalue weighted by Gasteiger charge is -2.29. The van der Waals surface area contributed by atoms with Crippen LogP contribution in [0.3, 0.4) is 0 Å². The van der Waals surface area contributed by atoms with Crippen molar-refractivity contribution in [1.82, 2.24) is 14.8 Å². The maximum atomic E-state index is 13.3. The van der Waals surface area contributed by atoms with Crippen LogP contribution in [0.4, 0.5) is 11.4 Å². The number of benzene rings is 2.